The number of carbonyl (C=O) groups excluding carboxylic acids is 1. The second-order valence-electron chi connectivity index (χ2n) is 4.27. The van der Waals surface area contributed by atoms with E-state index in [-0.39, 0.29) is 18.6 Å². The Balaban J connectivity index is 1.80. The molecule has 0 saturated carbocycles. The van der Waals surface area contributed by atoms with Crippen LogP contribution in [0.2, 0.25) is 0 Å². The minimum absolute atomic E-state index is 0.0514. The molecule has 1 aliphatic rings. The molecular formula is C13H18N2O2S. The van der Waals surface area contributed by atoms with Gasteiger partial charge in [-0.15, -0.1) is 0 Å². The lowest BCUT2D eigenvalue weighted by atomic mass is 10.1. The van der Waals surface area contributed by atoms with E-state index in [0.29, 0.717) is 6.54 Å². The number of thioether (sulfide) groups is 1. The first-order valence-corrected chi connectivity index (χ1v) is 7.22. The molecule has 0 radical (unpaired) electrons. The Hall–Kier alpha value is -1.04. The van der Waals surface area contributed by atoms with Gasteiger partial charge in [-0.25, -0.2) is 0 Å². The molecule has 1 fully saturated rings. The minimum Gasteiger partial charge on any atom is -0.392 e. The first-order valence-electron chi connectivity index (χ1n) is 6.07. The quantitative estimate of drug-likeness (QED) is 0.743. The number of amides is 1. The van der Waals surface area contributed by atoms with E-state index in [1.165, 1.54) is 0 Å². The summed E-state index contributed by atoms with van der Waals surface area (Å²) in [5, 5.41) is 15.1. The van der Waals surface area contributed by atoms with Gasteiger partial charge in [0.05, 0.1) is 12.6 Å². The molecule has 1 amide bonds. The number of aliphatic hydroxyl groups excluding tert-OH is 1. The van der Waals surface area contributed by atoms with E-state index in [0.717, 1.165) is 29.2 Å². The fourth-order valence-electron chi connectivity index (χ4n) is 1.81. The summed E-state index contributed by atoms with van der Waals surface area (Å²) in [6.45, 7) is 1.48. The molecule has 1 aromatic rings. The largest absolute Gasteiger partial charge is 0.392 e. The Morgan fingerprint density at radius 2 is 2.11 bits per heavy atom. The van der Waals surface area contributed by atoms with Crippen LogP contribution < -0.4 is 10.6 Å². The Labute approximate surface area is 111 Å². The second-order valence-corrected chi connectivity index (χ2v) is 5.42. The van der Waals surface area contributed by atoms with Crippen molar-refractivity contribution in [3.8, 4) is 0 Å². The summed E-state index contributed by atoms with van der Waals surface area (Å²) in [4.78, 5) is 11.9. The summed E-state index contributed by atoms with van der Waals surface area (Å²) in [6, 6.07) is 7.52. The first-order chi connectivity index (χ1) is 8.79. The number of aliphatic hydroxyl groups is 1. The number of hydrogen-bond donors (Lipinski definition) is 3. The zero-order valence-corrected chi connectivity index (χ0v) is 11.0. The van der Waals surface area contributed by atoms with Gasteiger partial charge in [-0.1, -0.05) is 24.3 Å². The van der Waals surface area contributed by atoms with E-state index in [9.17, 15) is 4.79 Å². The van der Waals surface area contributed by atoms with Crippen molar-refractivity contribution >= 4 is 17.7 Å². The molecule has 2 rings (SSSR count). The van der Waals surface area contributed by atoms with Crippen LogP contribution in [0.25, 0.3) is 0 Å². The van der Waals surface area contributed by atoms with Crippen molar-refractivity contribution in [2.75, 3.05) is 18.1 Å². The van der Waals surface area contributed by atoms with Crippen LogP contribution in [0.1, 0.15) is 11.1 Å². The van der Waals surface area contributed by atoms with Crippen LogP contribution in [0, 0.1) is 0 Å². The number of hydrogen-bond acceptors (Lipinski definition) is 4. The van der Waals surface area contributed by atoms with Crippen molar-refractivity contribution < 1.29 is 9.90 Å². The van der Waals surface area contributed by atoms with Crippen LogP contribution in [0.4, 0.5) is 0 Å². The lowest BCUT2D eigenvalue weighted by Gasteiger charge is -2.22. The number of nitrogens with one attached hydrogen (secondary N) is 2. The third-order valence-electron chi connectivity index (χ3n) is 2.91. The Morgan fingerprint density at radius 3 is 2.72 bits per heavy atom. The van der Waals surface area contributed by atoms with Crippen LogP contribution in [-0.2, 0) is 17.9 Å². The summed E-state index contributed by atoms with van der Waals surface area (Å²) < 4.78 is 0. The molecule has 1 heterocycles. The lowest BCUT2D eigenvalue weighted by Crippen LogP contribution is -2.48. The number of carbonyl (C=O) groups is 1. The van der Waals surface area contributed by atoms with E-state index in [4.69, 9.17) is 5.11 Å². The van der Waals surface area contributed by atoms with Crippen molar-refractivity contribution in [1.82, 2.24) is 10.6 Å². The topological polar surface area (TPSA) is 61.4 Å². The maximum Gasteiger partial charge on any atom is 0.238 e. The fourth-order valence-corrected chi connectivity index (χ4v) is 2.74. The molecule has 18 heavy (non-hydrogen) atoms. The zero-order chi connectivity index (χ0) is 12.8. The predicted molar refractivity (Wildman–Crippen MR) is 73.3 cm³/mol. The summed E-state index contributed by atoms with van der Waals surface area (Å²) in [5.74, 6) is 1.98. The lowest BCUT2D eigenvalue weighted by molar-refractivity contribution is -0.122. The van der Waals surface area contributed by atoms with Crippen LogP contribution in [0.5, 0.6) is 0 Å². The molecule has 3 N–H and O–H groups in total. The highest BCUT2D eigenvalue weighted by atomic mass is 32.2. The molecule has 0 bridgehead atoms. The number of rotatable bonds is 4. The molecule has 1 atom stereocenters. The predicted octanol–water partition coefficient (Wildman–Crippen LogP) is 0.500. The molecule has 1 unspecified atom stereocenters. The third kappa shape index (κ3) is 3.73. The van der Waals surface area contributed by atoms with Gasteiger partial charge in [0.15, 0.2) is 0 Å². The standard InChI is InChI=1S/C13H18N2O2S/c16-8-11-3-1-10(2-4-11)7-15-13(17)12-9-18-6-5-14-12/h1-4,12,14,16H,5-9H2,(H,15,17). The zero-order valence-electron chi connectivity index (χ0n) is 10.2. The summed E-state index contributed by atoms with van der Waals surface area (Å²) in [7, 11) is 0. The van der Waals surface area contributed by atoms with Crippen LogP contribution in [-0.4, -0.2) is 35.1 Å². The van der Waals surface area contributed by atoms with Gasteiger partial charge in [0.1, 0.15) is 0 Å². The summed E-state index contributed by atoms with van der Waals surface area (Å²) in [5.41, 5.74) is 1.93. The van der Waals surface area contributed by atoms with Crippen molar-refractivity contribution in [2.24, 2.45) is 0 Å². The normalized spacial score (nSPS) is 19.5. The smallest absolute Gasteiger partial charge is 0.238 e. The molecule has 0 aromatic heterocycles. The van der Waals surface area contributed by atoms with Gasteiger partial charge in [-0.2, -0.15) is 11.8 Å². The van der Waals surface area contributed by atoms with E-state index < -0.39 is 0 Å². The molecule has 1 aromatic carbocycles. The van der Waals surface area contributed by atoms with Gasteiger partial charge < -0.3 is 15.7 Å². The molecule has 5 heteroatoms. The molecule has 0 spiro atoms. The SMILES string of the molecule is O=C(NCc1ccc(CO)cc1)C1CSCCN1. The molecule has 4 nitrogen and oxygen atoms in total. The van der Waals surface area contributed by atoms with E-state index in [1.807, 2.05) is 24.3 Å². The minimum atomic E-state index is -0.0690. The first kappa shape index (κ1) is 13.4. The molecule has 0 aliphatic carbocycles. The summed E-state index contributed by atoms with van der Waals surface area (Å²) >= 11 is 1.81. The van der Waals surface area contributed by atoms with Crippen molar-refractivity contribution in [3.05, 3.63) is 35.4 Å². The van der Waals surface area contributed by atoms with Gasteiger partial charge in [-0.05, 0) is 11.1 Å². The van der Waals surface area contributed by atoms with Gasteiger partial charge in [-0.3, -0.25) is 4.79 Å². The van der Waals surface area contributed by atoms with Crippen molar-refractivity contribution in [2.45, 2.75) is 19.2 Å². The van der Waals surface area contributed by atoms with E-state index in [1.54, 1.807) is 11.8 Å². The molecule has 1 aliphatic heterocycles. The highest BCUT2D eigenvalue weighted by Gasteiger charge is 2.20. The number of benzene rings is 1. The third-order valence-corrected chi connectivity index (χ3v) is 3.97. The van der Waals surface area contributed by atoms with E-state index in [2.05, 4.69) is 10.6 Å². The highest BCUT2D eigenvalue weighted by molar-refractivity contribution is 7.99. The Kier molecular flexibility index (Phi) is 5.04. The molecular weight excluding hydrogens is 248 g/mol. The van der Waals surface area contributed by atoms with Crippen molar-refractivity contribution in [3.63, 3.8) is 0 Å². The van der Waals surface area contributed by atoms with Gasteiger partial charge >= 0.3 is 0 Å². The Bertz CT molecular complexity index is 388. The average molecular weight is 266 g/mol. The second kappa shape index (κ2) is 6.78. The van der Waals surface area contributed by atoms with Gasteiger partial charge in [0.2, 0.25) is 5.91 Å². The highest BCUT2D eigenvalue weighted by Crippen LogP contribution is 2.08. The fraction of sp³-hybridized carbons (Fsp3) is 0.462. The van der Waals surface area contributed by atoms with Crippen LogP contribution in [0.15, 0.2) is 24.3 Å². The van der Waals surface area contributed by atoms with Gasteiger partial charge in [0.25, 0.3) is 0 Å². The maximum atomic E-state index is 11.9. The van der Waals surface area contributed by atoms with E-state index >= 15 is 0 Å². The monoisotopic (exact) mass is 266 g/mol. The molecule has 98 valence electrons. The van der Waals surface area contributed by atoms with Crippen LogP contribution >= 0.6 is 11.8 Å². The molecule has 1 saturated heterocycles. The summed E-state index contributed by atoms with van der Waals surface area (Å²) in [6.07, 6.45) is 0. The van der Waals surface area contributed by atoms with Gasteiger partial charge in [0, 0.05) is 24.6 Å². The maximum absolute atomic E-state index is 11.9. The van der Waals surface area contributed by atoms with Crippen LogP contribution in [0.3, 0.4) is 0 Å². The Morgan fingerprint density at radius 1 is 1.39 bits per heavy atom. The van der Waals surface area contributed by atoms with Crippen molar-refractivity contribution in [1.29, 1.82) is 0 Å². The average Bonchev–Trinajstić information content (AvgIpc) is 2.46.